The SMILES string of the molecule is CC(C)(C)OC(=O)C1CCN(CC2CS2)CC1. The Morgan fingerprint density at radius 2 is 1.94 bits per heavy atom. The smallest absolute Gasteiger partial charge is 0.309 e. The Kier molecular flexibility index (Phi) is 4.03. The summed E-state index contributed by atoms with van der Waals surface area (Å²) >= 11 is 2.04. The van der Waals surface area contributed by atoms with Crippen LogP contribution in [0.25, 0.3) is 0 Å². The number of carbonyl (C=O) groups is 1. The molecule has 0 aliphatic carbocycles. The number of thioether (sulfide) groups is 1. The van der Waals surface area contributed by atoms with Gasteiger partial charge in [-0.3, -0.25) is 4.79 Å². The second kappa shape index (κ2) is 5.19. The van der Waals surface area contributed by atoms with Gasteiger partial charge in [0.05, 0.1) is 5.92 Å². The van der Waals surface area contributed by atoms with Crippen LogP contribution < -0.4 is 0 Å². The van der Waals surface area contributed by atoms with Crippen molar-refractivity contribution in [3.63, 3.8) is 0 Å². The summed E-state index contributed by atoms with van der Waals surface area (Å²) in [4.78, 5) is 14.4. The summed E-state index contributed by atoms with van der Waals surface area (Å²) in [6.45, 7) is 9.13. The standard InChI is InChI=1S/C13H23NO2S/c1-13(2,3)16-12(15)10-4-6-14(7-5-10)8-11-9-17-11/h10-11H,4-9H2,1-3H3. The van der Waals surface area contributed by atoms with Crippen molar-refractivity contribution >= 4 is 17.7 Å². The van der Waals surface area contributed by atoms with Crippen LogP contribution in [0.5, 0.6) is 0 Å². The predicted molar refractivity (Wildman–Crippen MR) is 71.3 cm³/mol. The van der Waals surface area contributed by atoms with E-state index in [1.54, 1.807) is 0 Å². The normalized spacial score (nSPS) is 26.9. The first kappa shape index (κ1) is 13.2. The van der Waals surface area contributed by atoms with Gasteiger partial charge in [0, 0.05) is 17.5 Å². The largest absolute Gasteiger partial charge is 0.460 e. The average Bonchev–Trinajstić information content (AvgIpc) is 3.00. The van der Waals surface area contributed by atoms with Crippen molar-refractivity contribution in [1.29, 1.82) is 0 Å². The lowest BCUT2D eigenvalue weighted by Crippen LogP contribution is -2.40. The van der Waals surface area contributed by atoms with E-state index in [0.29, 0.717) is 0 Å². The first-order valence-electron chi connectivity index (χ1n) is 6.51. The first-order valence-corrected chi connectivity index (χ1v) is 7.56. The number of ether oxygens (including phenoxy) is 1. The van der Waals surface area contributed by atoms with Crippen LogP contribution in [0.1, 0.15) is 33.6 Å². The molecule has 2 fully saturated rings. The van der Waals surface area contributed by atoms with Crippen molar-refractivity contribution in [2.24, 2.45) is 5.92 Å². The van der Waals surface area contributed by atoms with Crippen LogP contribution in [-0.2, 0) is 9.53 Å². The Morgan fingerprint density at radius 3 is 2.41 bits per heavy atom. The van der Waals surface area contributed by atoms with E-state index in [2.05, 4.69) is 4.90 Å². The molecule has 2 aliphatic heterocycles. The number of carbonyl (C=O) groups excluding carboxylic acids is 1. The minimum atomic E-state index is -0.348. The lowest BCUT2D eigenvalue weighted by molar-refractivity contribution is -0.161. The van der Waals surface area contributed by atoms with Crippen LogP contribution in [0.3, 0.4) is 0 Å². The van der Waals surface area contributed by atoms with Crippen LogP contribution in [0.2, 0.25) is 0 Å². The maximum atomic E-state index is 11.9. The molecule has 0 aromatic heterocycles. The molecule has 2 saturated heterocycles. The van der Waals surface area contributed by atoms with Crippen molar-refractivity contribution in [2.75, 3.05) is 25.4 Å². The van der Waals surface area contributed by atoms with Crippen LogP contribution >= 0.6 is 11.8 Å². The first-order chi connectivity index (χ1) is 7.94. The molecule has 2 rings (SSSR count). The molecule has 17 heavy (non-hydrogen) atoms. The Hall–Kier alpha value is -0.220. The maximum Gasteiger partial charge on any atom is 0.309 e. The summed E-state index contributed by atoms with van der Waals surface area (Å²) in [5.74, 6) is 1.45. The minimum Gasteiger partial charge on any atom is -0.460 e. The Labute approximate surface area is 108 Å². The van der Waals surface area contributed by atoms with Gasteiger partial charge in [0.15, 0.2) is 0 Å². The van der Waals surface area contributed by atoms with Gasteiger partial charge in [-0.05, 0) is 46.7 Å². The number of hydrogen-bond acceptors (Lipinski definition) is 4. The van der Waals surface area contributed by atoms with Crippen molar-refractivity contribution < 1.29 is 9.53 Å². The molecule has 3 nitrogen and oxygen atoms in total. The summed E-state index contributed by atoms with van der Waals surface area (Å²) in [5, 5.41) is 0.869. The summed E-state index contributed by atoms with van der Waals surface area (Å²) in [5.41, 5.74) is -0.348. The van der Waals surface area contributed by atoms with E-state index >= 15 is 0 Å². The number of esters is 1. The van der Waals surface area contributed by atoms with E-state index in [1.807, 2.05) is 32.5 Å². The predicted octanol–water partition coefficient (Wildman–Crippen LogP) is 2.16. The highest BCUT2D eigenvalue weighted by Gasteiger charge is 2.31. The Balaban J connectivity index is 1.72. The van der Waals surface area contributed by atoms with E-state index in [1.165, 1.54) is 12.3 Å². The summed E-state index contributed by atoms with van der Waals surface area (Å²) in [7, 11) is 0. The molecule has 0 N–H and O–H groups in total. The summed E-state index contributed by atoms with van der Waals surface area (Å²) in [6, 6.07) is 0. The molecule has 4 heteroatoms. The molecule has 0 bridgehead atoms. The fourth-order valence-electron chi connectivity index (χ4n) is 2.20. The van der Waals surface area contributed by atoms with Crippen molar-refractivity contribution in [3.8, 4) is 0 Å². The van der Waals surface area contributed by atoms with E-state index < -0.39 is 0 Å². The summed E-state index contributed by atoms with van der Waals surface area (Å²) < 4.78 is 5.44. The molecule has 0 aromatic rings. The molecular weight excluding hydrogens is 234 g/mol. The highest BCUT2D eigenvalue weighted by Crippen LogP contribution is 2.32. The van der Waals surface area contributed by atoms with E-state index in [9.17, 15) is 4.79 Å². The molecule has 0 saturated carbocycles. The third kappa shape index (κ3) is 4.51. The quantitative estimate of drug-likeness (QED) is 0.572. The van der Waals surface area contributed by atoms with Crippen LogP contribution in [-0.4, -0.2) is 47.1 Å². The van der Waals surface area contributed by atoms with Crippen molar-refractivity contribution in [3.05, 3.63) is 0 Å². The lowest BCUT2D eigenvalue weighted by atomic mass is 9.96. The number of hydrogen-bond donors (Lipinski definition) is 0. The molecule has 0 amide bonds. The number of nitrogens with zero attached hydrogens (tertiary/aromatic N) is 1. The second-order valence-electron chi connectivity index (χ2n) is 6.06. The van der Waals surface area contributed by atoms with Gasteiger partial charge in [0.1, 0.15) is 5.60 Å². The third-order valence-electron chi connectivity index (χ3n) is 3.19. The number of piperidine rings is 1. The van der Waals surface area contributed by atoms with Gasteiger partial charge in [-0.2, -0.15) is 11.8 Å². The molecule has 1 unspecified atom stereocenters. The van der Waals surface area contributed by atoms with Gasteiger partial charge < -0.3 is 9.64 Å². The molecular formula is C13H23NO2S. The Morgan fingerprint density at radius 1 is 1.35 bits per heavy atom. The fraction of sp³-hybridized carbons (Fsp3) is 0.923. The lowest BCUT2D eigenvalue weighted by Gasteiger charge is -2.32. The van der Waals surface area contributed by atoms with Crippen molar-refractivity contribution in [1.82, 2.24) is 4.90 Å². The molecule has 1 atom stereocenters. The number of likely N-dealkylation sites (tertiary alicyclic amines) is 1. The number of rotatable bonds is 3. The maximum absolute atomic E-state index is 11.9. The zero-order valence-electron chi connectivity index (χ0n) is 11.1. The van der Waals surface area contributed by atoms with Gasteiger partial charge in [0.2, 0.25) is 0 Å². The summed E-state index contributed by atoms with van der Waals surface area (Å²) in [6.07, 6.45) is 1.93. The Bertz CT molecular complexity index is 276. The molecule has 2 heterocycles. The second-order valence-corrected chi connectivity index (χ2v) is 7.40. The molecule has 0 radical (unpaired) electrons. The molecule has 0 aromatic carbocycles. The van der Waals surface area contributed by atoms with Gasteiger partial charge in [-0.25, -0.2) is 0 Å². The van der Waals surface area contributed by atoms with E-state index in [4.69, 9.17) is 4.74 Å². The molecule has 2 aliphatic rings. The van der Waals surface area contributed by atoms with Gasteiger partial charge in [-0.15, -0.1) is 0 Å². The monoisotopic (exact) mass is 257 g/mol. The minimum absolute atomic E-state index is 0.00190. The van der Waals surface area contributed by atoms with Gasteiger partial charge in [-0.1, -0.05) is 0 Å². The third-order valence-corrected chi connectivity index (χ3v) is 4.15. The van der Waals surface area contributed by atoms with Gasteiger partial charge >= 0.3 is 5.97 Å². The zero-order valence-corrected chi connectivity index (χ0v) is 11.9. The van der Waals surface area contributed by atoms with E-state index in [-0.39, 0.29) is 17.5 Å². The van der Waals surface area contributed by atoms with E-state index in [0.717, 1.165) is 31.2 Å². The zero-order chi connectivity index (χ0) is 12.5. The molecule has 0 spiro atoms. The van der Waals surface area contributed by atoms with Crippen molar-refractivity contribution in [2.45, 2.75) is 44.5 Å². The topological polar surface area (TPSA) is 29.5 Å². The van der Waals surface area contributed by atoms with Crippen LogP contribution in [0, 0.1) is 5.92 Å². The fourth-order valence-corrected chi connectivity index (χ4v) is 2.76. The van der Waals surface area contributed by atoms with Crippen LogP contribution in [0.4, 0.5) is 0 Å². The van der Waals surface area contributed by atoms with Gasteiger partial charge in [0.25, 0.3) is 0 Å². The molecule has 98 valence electrons. The van der Waals surface area contributed by atoms with Crippen LogP contribution in [0.15, 0.2) is 0 Å². The highest BCUT2D eigenvalue weighted by molar-refractivity contribution is 8.06. The average molecular weight is 257 g/mol. The highest BCUT2D eigenvalue weighted by atomic mass is 32.2.